The lowest BCUT2D eigenvalue weighted by Crippen LogP contribution is -2.10. The summed E-state index contributed by atoms with van der Waals surface area (Å²) >= 11 is 1.17. The number of aromatic nitrogens is 2. The minimum absolute atomic E-state index is 0.0813. The van der Waals surface area contributed by atoms with Gasteiger partial charge >= 0.3 is 6.18 Å². The van der Waals surface area contributed by atoms with E-state index in [0.717, 1.165) is 17.7 Å². The number of hydrogen-bond donors (Lipinski definition) is 0. The summed E-state index contributed by atoms with van der Waals surface area (Å²) in [5.74, 6) is -0.334. The van der Waals surface area contributed by atoms with Gasteiger partial charge in [0.05, 0.1) is 22.6 Å². The average Bonchev–Trinajstić information content (AvgIpc) is 3.33. The predicted molar refractivity (Wildman–Crippen MR) is 116 cm³/mol. The van der Waals surface area contributed by atoms with Gasteiger partial charge in [-0.3, -0.25) is 0 Å². The molecular formula is C22H17F3N2O3S2. The quantitative estimate of drug-likeness (QED) is 0.345. The Morgan fingerprint density at radius 2 is 1.78 bits per heavy atom. The molecule has 2 aromatic carbocycles. The first-order valence-corrected chi connectivity index (χ1v) is 12.2. The Bertz CT molecular complexity index is 1340. The van der Waals surface area contributed by atoms with Crippen LogP contribution in [0.2, 0.25) is 0 Å². The topological polar surface area (TPSA) is 73.1 Å². The zero-order valence-electron chi connectivity index (χ0n) is 16.8. The zero-order valence-corrected chi connectivity index (χ0v) is 18.4. The van der Waals surface area contributed by atoms with Crippen LogP contribution >= 0.6 is 11.3 Å². The van der Waals surface area contributed by atoms with Gasteiger partial charge in [0.15, 0.2) is 9.84 Å². The number of sulfone groups is 1. The molecule has 0 aliphatic heterocycles. The SMILES string of the molecule is Cc1onc(-c2ccccc2)c1-c1csc(CS(=O)(=O)Cc2cccc(C(F)(F)F)c2)n1. The van der Waals surface area contributed by atoms with Crippen molar-refractivity contribution in [3.05, 3.63) is 81.9 Å². The predicted octanol–water partition coefficient (Wildman–Crippen LogP) is 5.91. The second kappa shape index (κ2) is 8.51. The molecule has 0 atom stereocenters. The van der Waals surface area contributed by atoms with E-state index in [1.807, 2.05) is 30.3 Å². The molecule has 0 radical (unpaired) electrons. The number of nitrogens with zero attached hydrogens (tertiary/aromatic N) is 2. The second-order valence-corrected chi connectivity index (χ2v) is 10.2. The van der Waals surface area contributed by atoms with Crippen LogP contribution in [0.25, 0.3) is 22.5 Å². The number of thiazole rings is 1. The van der Waals surface area contributed by atoms with Crippen LogP contribution in [0.4, 0.5) is 13.2 Å². The lowest BCUT2D eigenvalue weighted by molar-refractivity contribution is -0.137. The molecule has 0 unspecified atom stereocenters. The van der Waals surface area contributed by atoms with Gasteiger partial charge in [0.1, 0.15) is 22.2 Å². The highest BCUT2D eigenvalue weighted by atomic mass is 32.2. The maximum absolute atomic E-state index is 12.9. The van der Waals surface area contributed by atoms with E-state index in [4.69, 9.17) is 4.52 Å². The average molecular weight is 479 g/mol. The molecule has 0 amide bonds. The third-order valence-corrected chi connectivity index (χ3v) is 7.22. The maximum Gasteiger partial charge on any atom is 0.416 e. The highest BCUT2D eigenvalue weighted by Crippen LogP contribution is 2.35. The summed E-state index contributed by atoms with van der Waals surface area (Å²) in [7, 11) is -3.74. The minimum Gasteiger partial charge on any atom is -0.360 e. The van der Waals surface area contributed by atoms with Gasteiger partial charge in [-0.1, -0.05) is 53.7 Å². The van der Waals surface area contributed by atoms with Crippen LogP contribution < -0.4 is 0 Å². The van der Waals surface area contributed by atoms with E-state index in [9.17, 15) is 21.6 Å². The molecule has 0 aliphatic carbocycles. The molecule has 0 aliphatic rings. The van der Waals surface area contributed by atoms with Crippen molar-refractivity contribution in [2.75, 3.05) is 0 Å². The van der Waals surface area contributed by atoms with Crippen molar-refractivity contribution in [1.29, 1.82) is 0 Å². The molecule has 2 heterocycles. The fraction of sp³-hybridized carbons (Fsp3) is 0.182. The molecule has 2 aromatic heterocycles. The van der Waals surface area contributed by atoms with Crippen molar-refractivity contribution in [1.82, 2.24) is 10.1 Å². The van der Waals surface area contributed by atoms with E-state index in [-0.39, 0.29) is 11.3 Å². The monoisotopic (exact) mass is 478 g/mol. The van der Waals surface area contributed by atoms with Crippen LogP contribution in [0.5, 0.6) is 0 Å². The first kappa shape index (κ1) is 22.2. The van der Waals surface area contributed by atoms with Crippen LogP contribution in [0.15, 0.2) is 64.5 Å². The van der Waals surface area contributed by atoms with Gasteiger partial charge in [-0.15, -0.1) is 11.3 Å². The largest absolute Gasteiger partial charge is 0.416 e. The lowest BCUT2D eigenvalue weighted by atomic mass is 10.0. The van der Waals surface area contributed by atoms with Gasteiger partial charge in [-0.05, 0) is 18.6 Å². The molecule has 4 rings (SSSR count). The summed E-state index contributed by atoms with van der Waals surface area (Å²) in [6.07, 6.45) is -4.53. The van der Waals surface area contributed by atoms with Gasteiger partial charge in [-0.2, -0.15) is 13.2 Å². The molecule has 0 saturated heterocycles. The van der Waals surface area contributed by atoms with Crippen molar-refractivity contribution >= 4 is 21.2 Å². The number of hydrogen-bond acceptors (Lipinski definition) is 6. The third kappa shape index (κ3) is 4.91. The molecule has 0 spiro atoms. The Hall–Kier alpha value is -2.98. The molecule has 10 heteroatoms. The zero-order chi connectivity index (χ0) is 22.9. The molecule has 166 valence electrons. The van der Waals surface area contributed by atoms with Gasteiger partial charge in [0.25, 0.3) is 0 Å². The van der Waals surface area contributed by atoms with Gasteiger partial charge in [0.2, 0.25) is 0 Å². The van der Waals surface area contributed by atoms with E-state index in [0.29, 0.717) is 27.7 Å². The fourth-order valence-electron chi connectivity index (χ4n) is 3.29. The van der Waals surface area contributed by atoms with Crippen LogP contribution in [-0.2, 0) is 27.5 Å². The van der Waals surface area contributed by atoms with Crippen molar-refractivity contribution in [2.45, 2.75) is 24.6 Å². The summed E-state index contributed by atoms with van der Waals surface area (Å²) in [5.41, 5.74) is 1.86. The van der Waals surface area contributed by atoms with E-state index < -0.39 is 27.3 Å². The standard InChI is InChI=1S/C22H17F3N2O3S2/c1-14-20(21(27-30-14)16-7-3-2-4-8-16)18-11-31-19(26-18)13-32(28,29)12-15-6-5-9-17(10-15)22(23,24)25/h2-11H,12-13H2,1H3. The first-order chi connectivity index (χ1) is 15.1. The summed E-state index contributed by atoms with van der Waals surface area (Å²) in [6.45, 7) is 1.75. The Morgan fingerprint density at radius 3 is 2.50 bits per heavy atom. The summed E-state index contributed by atoms with van der Waals surface area (Å²) in [6, 6.07) is 13.7. The third-order valence-electron chi connectivity index (χ3n) is 4.70. The Morgan fingerprint density at radius 1 is 1.03 bits per heavy atom. The number of halogens is 3. The molecule has 0 saturated carbocycles. The highest BCUT2D eigenvalue weighted by Gasteiger charge is 2.31. The Balaban J connectivity index is 1.56. The number of aryl methyl sites for hydroxylation is 1. The van der Waals surface area contributed by atoms with E-state index in [1.54, 1.807) is 12.3 Å². The van der Waals surface area contributed by atoms with Crippen LogP contribution in [0.3, 0.4) is 0 Å². The van der Waals surface area contributed by atoms with Gasteiger partial charge in [0, 0.05) is 10.9 Å². The molecule has 0 fully saturated rings. The van der Waals surface area contributed by atoms with Gasteiger partial charge < -0.3 is 4.52 Å². The summed E-state index contributed by atoms with van der Waals surface area (Å²) < 4.78 is 69.3. The number of rotatable bonds is 6. The molecule has 0 bridgehead atoms. The molecule has 0 N–H and O–H groups in total. The summed E-state index contributed by atoms with van der Waals surface area (Å²) in [5, 5.41) is 6.17. The molecule has 4 aromatic rings. The number of alkyl halides is 3. The van der Waals surface area contributed by atoms with Crippen LogP contribution in [0.1, 0.15) is 21.9 Å². The van der Waals surface area contributed by atoms with Crippen LogP contribution in [0, 0.1) is 6.92 Å². The van der Waals surface area contributed by atoms with Crippen molar-refractivity contribution < 1.29 is 26.1 Å². The maximum atomic E-state index is 12.9. The van der Waals surface area contributed by atoms with Crippen molar-refractivity contribution in [3.63, 3.8) is 0 Å². The van der Waals surface area contributed by atoms with E-state index in [2.05, 4.69) is 10.1 Å². The first-order valence-electron chi connectivity index (χ1n) is 9.45. The minimum atomic E-state index is -4.53. The number of benzene rings is 2. The van der Waals surface area contributed by atoms with E-state index >= 15 is 0 Å². The smallest absolute Gasteiger partial charge is 0.360 e. The van der Waals surface area contributed by atoms with Gasteiger partial charge in [-0.25, -0.2) is 13.4 Å². The highest BCUT2D eigenvalue weighted by molar-refractivity contribution is 7.89. The second-order valence-electron chi connectivity index (χ2n) is 7.19. The van der Waals surface area contributed by atoms with Crippen LogP contribution in [-0.4, -0.2) is 18.6 Å². The van der Waals surface area contributed by atoms with Crippen molar-refractivity contribution in [2.24, 2.45) is 0 Å². The summed E-state index contributed by atoms with van der Waals surface area (Å²) in [4.78, 5) is 4.44. The molecular weight excluding hydrogens is 461 g/mol. The van der Waals surface area contributed by atoms with E-state index in [1.165, 1.54) is 23.5 Å². The Kier molecular flexibility index (Phi) is 5.91. The van der Waals surface area contributed by atoms with Crippen molar-refractivity contribution in [3.8, 4) is 22.5 Å². The molecule has 5 nitrogen and oxygen atoms in total. The Labute approximate surface area is 186 Å². The lowest BCUT2D eigenvalue weighted by Gasteiger charge is -2.09. The normalized spacial score (nSPS) is 12.2. The molecule has 32 heavy (non-hydrogen) atoms. The fourth-order valence-corrected chi connectivity index (χ4v) is 5.90.